The summed E-state index contributed by atoms with van der Waals surface area (Å²) in [5.41, 5.74) is 0.144. The fraction of sp³-hybridized carbons (Fsp3) is 0.176. The highest BCUT2D eigenvalue weighted by atomic mass is 32.2. The minimum atomic E-state index is -4.19. The molecular weight excluding hydrogens is 316 g/mol. The molecule has 5 nitrogen and oxygen atoms in total. The Morgan fingerprint density at radius 2 is 1.48 bits per heavy atom. The Bertz CT molecular complexity index is 782. The molecule has 0 aliphatic heterocycles. The molecule has 0 radical (unpaired) electrons. The first-order valence-electron chi connectivity index (χ1n) is 7.03. The Balaban J connectivity index is 2.51. The lowest BCUT2D eigenvalue weighted by molar-refractivity contribution is -0.141. The number of hydrogen-bond donors (Lipinski definition) is 0. The molecule has 0 N–H and O–H groups in total. The van der Waals surface area contributed by atoms with Gasteiger partial charge in [-0.2, -0.15) is 0 Å². The van der Waals surface area contributed by atoms with E-state index in [-0.39, 0.29) is 17.1 Å². The summed E-state index contributed by atoms with van der Waals surface area (Å²) in [7, 11) is -4.19. The third-order valence-electron chi connectivity index (χ3n) is 3.18. The highest BCUT2D eigenvalue weighted by Crippen LogP contribution is 2.20. The second kappa shape index (κ2) is 7.19. The Labute approximate surface area is 134 Å². The van der Waals surface area contributed by atoms with Gasteiger partial charge in [0.05, 0.1) is 11.5 Å². The van der Waals surface area contributed by atoms with Crippen LogP contribution < -0.4 is 0 Å². The summed E-state index contributed by atoms with van der Waals surface area (Å²) < 4.78 is 30.3. The maximum atomic E-state index is 12.7. The first kappa shape index (κ1) is 16.9. The molecule has 0 aliphatic rings. The normalized spacial score (nSPS) is 12.4. The minimum absolute atomic E-state index is 0.0122. The summed E-state index contributed by atoms with van der Waals surface area (Å²) in [6, 6.07) is 15.2. The maximum absolute atomic E-state index is 12.7. The van der Waals surface area contributed by atoms with E-state index in [2.05, 4.69) is 0 Å². The zero-order valence-electron chi connectivity index (χ0n) is 12.5. The average molecular weight is 332 g/mol. The van der Waals surface area contributed by atoms with Crippen LogP contribution in [0.15, 0.2) is 65.6 Å². The highest BCUT2D eigenvalue weighted by molar-refractivity contribution is 7.93. The molecule has 23 heavy (non-hydrogen) atoms. The van der Waals surface area contributed by atoms with Gasteiger partial charge in [-0.1, -0.05) is 48.5 Å². The van der Waals surface area contributed by atoms with E-state index in [1.165, 1.54) is 36.4 Å². The lowest BCUT2D eigenvalue weighted by Gasteiger charge is -2.15. The van der Waals surface area contributed by atoms with Gasteiger partial charge in [0.1, 0.15) is 0 Å². The molecule has 0 spiro atoms. The lowest BCUT2D eigenvalue weighted by atomic mass is 10.1. The number of carbonyl (C=O) groups is 2. The molecule has 0 fully saturated rings. The fourth-order valence-corrected chi connectivity index (χ4v) is 3.64. The van der Waals surface area contributed by atoms with Crippen molar-refractivity contribution in [2.75, 3.05) is 6.61 Å². The summed E-state index contributed by atoms with van der Waals surface area (Å²) in [4.78, 5) is 24.7. The molecule has 0 aromatic heterocycles. The molecule has 1 atom stereocenters. The van der Waals surface area contributed by atoms with Crippen molar-refractivity contribution in [3.8, 4) is 0 Å². The van der Waals surface area contributed by atoms with Gasteiger partial charge in [-0.05, 0) is 19.1 Å². The molecule has 6 heteroatoms. The van der Waals surface area contributed by atoms with Gasteiger partial charge in [-0.15, -0.1) is 0 Å². The fourth-order valence-electron chi connectivity index (χ4n) is 2.09. The van der Waals surface area contributed by atoms with Crippen LogP contribution in [0.4, 0.5) is 0 Å². The number of ketones is 1. The molecule has 0 saturated carbocycles. The molecular formula is C17H16O5S. The summed E-state index contributed by atoms with van der Waals surface area (Å²) >= 11 is 0. The largest absolute Gasteiger partial charge is 0.465 e. The predicted molar refractivity (Wildman–Crippen MR) is 84.8 cm³/mol. The van der Waals surface area contributed by atoms with Crippen LogP contribution in [0.1, 0.15) is 17.3 Å². The molecule has 0 bridgehead atoms. The van der Waals surface area contributed by atoms with Gasteiger partial charge < -0.3 is 4.74 Å². The van der Waals surface area contributed by atoms with Gasteiger partial charge in [0.25, 0.3) is 0 Å². The summed E-state index contributed by atoms with van der Waals surface area (Å²) in [6.45, 7) is 1.54. The van der Waals surface area contributed by atoms with E-state index in [1.54, 1.807) is 31.2 Å². The van der Waals surface area contributed by atoms with Crippen molar-refractivity contribution in [3.63, 3.8) is 0 Å². The zero-order chi connectivity index (χ0) is 16.9. The monoisotopic (exact) mass is 332 g/mol. The van der Waals surface area contributed by atoms with E-state index in [1.807, 2.05) is 0 Å². The van der Waals surface area contributed by atoms with E-state index < -0.39 is 26.8 Å². The van der Waals surface area contributed by atoms with Gasteiger partial charge in [-0.25, -0.2) is 8.42 Å². The van der Waals surface area contributed by atoms with Gasteiger partial charge >= 0.3 is 5.97 Å². The van der Waals surface area contributed by atoms with Gasteiger partial charge in [0.15, 0.2) is 15.6 Å². The molecule has 0 unspecified atom stereocenters. The topological polar surface area (TPSA) is 77.5 Å². The summed E-state index contributed by atoms with van der Waals surface area (Å²) in [5, 5.41) is -1.91. The first-order chi connectivity index (χ1) is 11.0. The average Bonchev–Trinajstić information content (AvgIpc) is 2.56. The smallest absolute Gasteiger partial charge is 0.332 e. The van der Waals surface area contributed by atoms with Crippen LogP contribution in [-0.2, 0) is 19.4 Å². The van der Waals surface area contributed by atoms with Crippen LogP contribution in [0.5, 0.6) is 0 Å². The number of Topliss-reactive ketones (excluding diaryl/α,β-unsaturated/α-hetero) is 1. The van der Waals surface area contributed by atoms with E-state index in [4.69, 9.17) is 4.74 Å². The third kappa shape index (κ3) is 3.65. The Morgan fingerprint density at radius 3 is 2.00 bits per heavy atom. The highest BCUT2D eigenvalue weighted by Gasteiger charge is 2.41. The third-order valence-corrected chi connectivity index (χ3v) is 5.14. The minimum Gasteiger partial charge on any atom is -0.465 e. The van der Waals surface area contributed by atoms with Crippen molar-refractivity contribution >= 4 is 21.6 Å². The summed E-state index contributed by atoms with van der Waals surface area (Å²) in [5.74, 6) is -1.86. The molecule has 0 heterocycles. The number of rotatable bonds is 6. The molecule has 120 valence electrons. The summed E-state index contributed by atoms with van der Waals surface area (Å²) in [6.07, 6.45) is 0. The zero-order valence-corrected chi connectivity index (χ0v) is 13.3. The van der Waals surface area contributed by atoms with Crippen molar-refractivity contribution < 1.29 is 22.7 Å². The SMILES string of the molecule is CCOC(=O)[C@@H](C(=O)c1ccccc1)S(=O)(=O)c1ccccc1. The number of ether oxygens (including phenoxy) is 1. The van der Waals surface area contributed by atoms with Gasteiger partial charge in [0, 0.05) is 5.56 Å². The number of carbonyl (C=O) groups excluding carboxylic acids is 2. The standard InChI is InChI=1S/C17H16O5S/c1-2-22-17(19)16(15(18)13-9-5-3-6-10-13)23(20,21)14-11-7-4-8-12-14/h3-12,16H,2H2,1H3/t16-/m1/s1. The van der Waals surface area contributed by atoms with E-state index >= 15 is 0 Å². The Kier molecular flexibility index (Phi) is 5.28. The van der Waals surface area contributed by atoms with Crippen molar-refractivity contribution in [2.45, 2.75) is 17.1 Å². The van der Waals surface area contributed by atoms with Crippen LogP contribution >= 0.6 is 0 Å². The van der Waals surface area contributed by atoms with Crippen LogP contribution in [0.2, 0.25) is 0 Å². The number of hydrogen-bond acceptors (Lipinski definition) is 5. The van der Waals surface area contributed by atoms with E-state index in [9.17, 15) is 18.0 Å². The van der Waals surface area contributed by atoms with Crippen LogP contribution in [0, 0.1) is 0 Å². The number of benzene rings is 2. The van der Waals surface area contributed by atoms with E-state index in [0.717, 1.165) is 0 Å². The van der Waals surface area contributed by atoms with E-state index in [0.29, 0.717) is 0 Å². The Hall–Kier alpha value is -2.47. The second-order valence-corrected chi connectivity index (χ2v) is 6.75. The molecule has 2 rings (SSSR count). The molecule has 0 amide bonds. The molecule has 2 aromatic carbocycles. The van der Waals surface area contributed by atoms with Crippen LogP contribution in [-0.4, -0.2) is 32.0 Å². The molecule has 2 aromatic rings. The molecule has 0 saturated heterocycles. The van der Waals surface area contributed by atoms with Crippen molar-refractivity contribution in [1.82, 2.24) is 0 Å². The van der Waals surface area contributed by atoms with Gasteiger partial charge in [-0.3, -0.25) is 9.59 Å². The van der Waals surface area contributed by atoms with Crippen molar-refractivity contribution in [2.24, 2.45) is 0 Å². The van der Waals surface area contributed by atoms with Crippen LogP contribution in [0.3, 0.4) is 0 Å². The maximum Gasteiger partial charge on any atom is 0.332 e. The van der Waals surface area contributed by atoms with Gasteiger partial charge in [0.2, 0.25) is 5.25 Å². The Morgan fingerprint density at radius 1 is 0.957 bits per heavy atom. The first-order valence-corrected chi connectivity index (χ1v) is 8.58. The predicted octanol–water partition coefficient (Wildman–Crippen LogP) is 2.27. The quantitative estimate of drug-likeness (QED) is 0.461. The lowest BCUT2D eigenvalue weighted by Crippen LogP contribution is -2.39. The number of sulfone groups is 1. The van der Waals surface area contributed by atoms with Crippen LogP contribution in [0.25, 0.3) is 0 Å². The number of esters is 1. The van der Waals surface area contributed by atoms with Crippen molar-refractivity contribution in [1.29, 1.82) is 0 Å². The van der Waals surface area contributed by atoms with Crippen molar-refractivity contribution in [3.05, 3.63) is 66.2 Å². The second-order valence-electron chi connectivity index (χ2n) is 4.72. The molecule has 0 aliphatic carbocycles.